The zero-order valence-corrected chi connectivity index (χ0v) is 15.7. The monoisotopic (exact) mass is 398 g/mol. The number of nitrogens with zero attached hydrogens (tertiary/aromatic N) is 2. The minimum atomic E-state index is -3.59. The molecule has 1 fully saturated rings. The Labute approximate surface area is 155 Å². The number of hydrogen-bond donors (Lipinski definition) is 2. The number of nitrogen functional groups attached to an aromatic ring is 1. The van der Waals surface area contributed by atoms with Crippen LogP contribution < -0.4 is 15.4 Å². The number of ketones is 1. The third-order valence-electron chi connectivity index (χ3n) is 4.12. The molecular formula is C16H19FN4O3S2. The Hall–Kier alpha value is -2.04. The first kappa shape index (κ1) is 18.7. The molecule has 0 radical (unpaired) electrons. The third kappa shape index (κ3) is 3.87. The van der Waals surface area contributed by atoms with Crippen molar-refractivity contribution in [2.75, 3.05) is 29.4 Å². The lowest BCUT2D eigenvalue weighted by molar-refractivity contribution is 0.104. The minimum Gasteiger partial charge on any atom is -0.382 e. The van der Waals surface area contributed by atoms with Crippen LogP contribution >= 0.6 is 11.3 Å². The maximum absolute atomic E-state index is 13.4. The molecule has 0 atom stereocenters. The van der Waals surface area contributed by atoms with Gasteiger partial charge in [-0.15, -0.1) is 0 Å². The summed E-state index contributed by atoms with van der Waals surface area (Å²) in [6.07, 6.45) is 2.39. The van der Waals surface area contributed by atoms with Gasteiger partial charge in [0.2, 0.25) is 20.9 Å². The first-order valence-corrected chi connectivity index (χ1v) is 10.7. The van der Waals surface area contributed by atoms with Gasteiger partial charge in [0.1, 0.15) is 16.5 Å². The van der Waals surface area contributed by atoms with Gasteiger partial charge in [0.05, 0.1) is 6.26 Å². The number of aromatic nitrogens is 1. The summed E-state index contributed by atoms with van der Waals surface area (Å²) in [7, 11) is -3.59. The van der Waals surface area contributed by atoms with Crippen LogP contribution in [0.15, 0.2) is 24.3 Å². The van der Waals surface area contributed by atoms with Crippen molar-refractivity contribution in [3.63, 3.8) is 0 Å². The van der Waals surface area contributed by atoms with Gasteiger partial charge in [-0.05, 0) is 38.1 Å². The molecule has 26 heavy (non-hydrogen) atoms. The highest BCUT2D eigenvalue weighted by Crippen LogP contribution is 2.34. The van der Waals surface area contributed by atoms with Gasteiger partial charge in [-0.1, -0.05) is 23.5 Å². The van der Waals surface area contributed by atoms with Gasteiger partial charge in [0.15, 0.2) is 0 Å². The molecule has 1 aromatic carbocycles. The molecule has 2 heterocycles. The Morgan fingerprint density at radius 2 is 2.08 bits per heavy atom. The molecule has 140 valence electrons. The number of piperidine rings is 1. The maximum atomic E-state index is 13.4. The fraction of sp³-hybridized carbons (Fsp3) is 0.375. The van der Waals surface area contributed by atoms with Crippen LogP contribution in [0.3, 0.4) is 0 Å². The Kier molecular flexibility index (Phi) is 5.26. The van der Waals surface area contributed by atoms with E-state index in [4.69, 9.17) is 5.73 Å². The van der Waals surface area contributed by atoms with E-state index in [-0.39, 0.29) is 27.4 Å². The maximum Gasteiger partial charge on any atom is 0.234 e. The summed E-state index contributed by atoms with van der Waals surface area (Å²) in [6, 6.07) is 5.02. The number of benzene rings is 1. The molecule has 0 saturated carbocycles. The van der Waals surface area contributed by atoms with E-state index in [1.807, 2.05) is 0 Å². The number of halogens is 1. The van der Waals surface area contributed by atoms with Gasteiger partial charge in [-0.2, -0.15) is 0 Å². The van der Waals surface area contributed by atoms with Gasteiger partial charge in [0.25, 0.3) is 0 Å². The molecule has 1 saturated heterocycles. The zero-order valence-electron chi connectivity index (χ0n) is 14.1. The average Bonchev–Trinajstić information content (AvgIpc) is 2.95. The van der Waals surface area contributed by atoms with Crippen LogP contribution in [-0.2, 0) is 10.0 Å². The van der Waals surface area contributed by atoms with Gasteiger partial charge < -0.3 is 11.1 Å². The van der Waals surface area contributed by atoms with Crippen molar-refractivity contribution in [1.29, 1.82) is 0 Å². The summed E-state index contributed by atoms with van der Waals surface area (Å²) in [5, 5.41) is 3.34. The van der Waals surface area contributed by atoms with E-state index in [0.29, 0.717) is 25.9 Å². The van der Waals surface area contributed by atoms with Crippen molar-refractivity contribution in [3.8, 4) is 0 Å². The third-order valence-corrected chi connectivity index (χ3v) is 6.49. The smallest absolute Gasteiger partial charge is 0.234 e. The number of carbonyl (C=O) groups excluding carboxylic acids is 1. The molecule has 1 aliphatic heterocycles. The quantitative estimate of drug-likeness (QED) is 0.742. The lowest BCUT2D eigenvalue weighted by Gasteiger charge is -2.32. The number of hydrogen-bond acceptors (Lipinski definition) is 7. The van der Waals surface area contributed by atoms with Crippen molar-refractivity contribution in [1.82, 2.24) is 10.3 Å². The summed E-state index contributed by atoms with van der Waals surface area (Å²) in [5.41, 5.74) is 6.02. The van der Waals surface area contributed by atoms with Crippen LogP contribution in [0.2, 0.25) is 0 Å². The number of thiazole rings is 1. The molecule has 0 unspecified atom stereocenters. The van der Waals surface area contributed by atoms with Gasteiger partial charge >= 0.3 is 0 Å². The summed E-state index contributed by atoms with van der Waals surface area (Å²) in [4.78, 5) is 16.9. The van der Waals surface area contributed by atoms with E-state index in [1.165, 1.54) is 22.5 Å². The molecule has 0 spiro atoms. The summed E-state index contributed by atoms with van der Waals surface area (Å²) in [5.74, 6) is -1.07. The minimum absolute atomic E-state index is 0.0538. The van der Waals surface area contributed by atoms with E-state index < -0.39 is 21.6 Å². The fourth-order valence-electron chi connectivity index (χ4n) is 2.95. The zero-order chi connectivity index (χ0) is 18.9. The van der Waals surface area contributed by atoms with Crippen molar-refractivity contribution in [2.24, 2.45) is 0 Å². The Balaban J connectivity index is 1.98. The topological polar surface area (TPSA) is 105 Å². The van der Waals surface area contributed by atoms with Crippen molar-refractivity contribution >= 4 is 38.1 Å². The van der Waals surface area contributed by atoms with Gasteiger partial charge in [-0.25, -0.2) is 22.1 Å². The van der Waals surface area contributed by atoms with Crippen LogP contribution in [0.5, 0.6) is 0 Å². The second-order valence-electron chi connectivity index (χ2n) is 6.09. The average molecular weight is 398 g/mol. The second kappa shape index (κ2) is 7.29. The number of anilines is 2. The number of sulfonamides is 1. The Morgan fingerprint density at radius 3 is 2.69 bits per heavy atom. The van der Waals surface area contributed by atoms with Crippen molar-refractivity contribution < 1.29 is 17.6 Å². The summed E-state index contributed by atoms with van der Waals surface area (Å²) in [6.45, 7) is 1.40. The molecule has 3 rings (SSSR count). The predicted molar refractivity (Wildman–Crippen MR) is 99.6 cm³/mol. The summed E-state index contributed by atoms with van der Waals surface area (Å²) >= 11 is 0.915. The largest absolute Gasteiger partial charge is 0.382 e. The molecule has 10 heteroatoms. The van der Waals surface area contributed by atoms with E-state index in [9.17, 15) is 17.6 Å². The molecule has 3 N–H and O–H groups in total. The van der Waals surface area contributed by atoms with Crippen LogP contribution in [0.4, 0.5) is 15.3 Å². The van der Waals surface area contributed by atoms with Crippen LogP contribution in [0.25, 0.3) is 0 Å². The number of nitrogens with two attached hydrogens (primary N) is 1. The molecule has 0 bridgehead atoms. The van der Waals surface area contributed by atoms with Crippen molar-refractivity contribution in [2.45, 2.75) is 18.9 Å². The lowest BCUT2D eigenvalue weighted by atomic mass is 10.1. The van der Waals surface area contributed by atoms with Gasteiger partial charge in [0, 0.05) is 11.6 Å². The van der Waals surface area contributed by atoms with E-state index >= 15 is 0 Å². The van der Waals surface area contributed by atoms with Crippen molar-refractivity contribution in [3.05, 3.63) is 40.5 Å². The molecule has 7 nitrogen and oxygen atoms in total. The first-order valence-electron chi connectivity index (χ1n) is 8.04. The molecule has 0 aliphatic carbocycles. The van der Waals surface area contributed by atoms with Crippen LogP contribution in [-0.4, -0.2) is 44.6 Å². The van der Waals surface area contributed by atoms with Gasteiger partial charge in [-0.3, -0.25) is 4.79 Å². The Bertz CT molecular complexity index is 923. The normalized spacial score (nSPS) is 15.8. The standard InChI is InChI=1S/C16H19FN4O3S2/c1-26(23,24)21(12-5-7-19-8-6-12)16-20-15(18)14(25-16)13(22)10-3-2-4-11(17)9-10/h2-4,9,12,19H,5-8,18H2,1H3. The van der Waals surface area contributed by atoms with E-state index in [0.717, 1.165) is 23.7 Å². The number of carbonyl (C=O) groups is 1. The summed E-state index contributed by atoms with van der Waals surface area (Å²) < 4.78 is 39.3. The molecular weight excluding hydrogens is 379 g/mol. The lowest BCUT2D eigenvalue weighted by Crippen LogP contribution is -2.45. The number of nitrogens with one attached hydrogen (secondary N) is 1. The molecule has 1 aliphatic rings. The Morgan fingerprint density at radius 1 is 1.38 bits per heavy atom. The molecule has 1 aromatic heterocycles. The second-order valence-corrected chi connectivity index (χ2v) is 8.93. The predicted octanol–water partition coefficient (Wildman–Crippen LogP) is 1.61. The number of rotatable bonds is 5. The van der Waals surface area contributed by atoms with E-state index in [1.54, 1.807) is 0 Å². The highest BCUT2D eigenvalue weighted by Gasteiger charge is 2.32. The van der Waals surface area contributed by atoms with E-state index in [2.05, 4.69) is 10.3 Å². The molecule has 0 amide bonds. The first-order chi connectivity index (χ1) is 12.3. The highest BCUT2D eigenvalue weighted by atomic mass is 32.2. The van der Waals surface area contributed by atoms with Crippen LogP contribution in [0.1, 0.15) is 28.1 Å². The molecule has 2 aromatic rings. The SMILES string of the molecule is CS(=O)(=O)N(c1nc(N)c(C(=O)c2cccc(F)c2)s1)C1CCNCC1. The van der Waals surface area contributed by atoms with Crippen LogP contribution in [0, 0.1) is 5.82 Å². The fourth-order valence-corrected chi connectivity index (χ4v) is 5.47. The highest BCUT2D eigenvalue weighted by molar-refractivity contribution is 7.92.